The lowest BCUT2D eigenvalue weighted by Gasteiger charge is -2.11. The Morgan fingerprint density at radius 3 is 2.53 bits per heavy atom. The average molecular weight is 268 g/mol. The van der Waals surface area contributed by atoms with E-state index in [1.807, 2.05) is 0 Å². The van der Waals surface area contributed by atoms with Gasteiger partial charge in [0.25, 0.3) is 0 Å². The van der Waals surface area contributed by atoms with Crippen LogP contribution >= 0.6 is 11.6 Å². The minimum Gasteiger partial charge on any atom is -0.481 e. The van der Waals surface area contributed by atoms with E-state index < -0.39 is 22.7 Å². The summed E-state index contributed by atoms with van der Waals surface area (Å²) in [7, 11) is 0. The van der Waals surface area contributed by atoms with Crippen molar-refractivity contribution in [3.63, 3.8) is 0 Å². The lowest BCUT2D eigenvalue weighted by Crippen LogP contribution is -2.09. The van der Waals surface area contributed by atoms with E-state index in [1.165, 1.54) is 6.07 Å². The summed E-state index contributed by atoms with van der Waals surface area (Å²) in [5, 5.41) is 10.6. The smallest absolute Gasteiger partial charge is 0.417 e. The molecule has 17 heavy (non-hydrogen) atoms. The van der Waals surface area contributed by atoms with Crippen LogP contribution in [-0.4, -0.2) is 17.6 Å². The number of hydrogen-bond acceptors (Lipinski definition) is 2. The van der Waals surface area contributed by atoms with Crippen LogP contribution in [0, 0.1) is 0 Å². The maximum absolute atomic E-state index is 12.4. The fourth-order valence-electron chi connectivity index (χ4n) is 1.17. The summed E-state index contributed by atoms with van der Waals surface area (Å²) in [4.78, 5) is 10.2. The largest absolute Gasteiger partial charge is 0.481 e. The van der Waals surface area contributed by atoms with Crippen LogP contribution < -0.4 is 5.32 Å². The molecule has 0 aromatic heterocycles. The number of carbonyl (C=O) groups is 1. The minimum absolute atomic E-state index is 0.122. The first-order chi connectivity index (χ1) is 7.80. The fourth-order valence-corrected chi connectivity index (χ4v) is 1.46. The Kier molecular flexibility index (Phi) is 4.22. The third-order valence-electron chi connectivity index (χ3n) is 1.94. The second kappa shape index (κ2) is 5.27. The highest BCUT2D eigenvalue weighted by atomic mass is 35.5. The summed E-state index contributed by atoms with van der Waals surface area (Å²) >= 11 is 5.48. The quantitative estimate of drug-likeness (QED) is 0.880. The van der Waals surface area contributed by atoms with Crippen molar-refractivity contribution in [1.29, 1.82) is 0 Å². The molecular formula is C10H9ClF3NO2. The Morgan fingerprint density at radius 2 is 2.06 bits per heavy atom. The standard InChI is InChI=1S/C10H9ClF3NO2/c11-8-5-6(15-4-3-9(16)17)1-2-7(8)10(12,13)14/h1-2,5,15H,3-4H2,(H,16,17). The monoisotopic (exact) mass is 267 g/mol. The molecule has 0 saturated heterocycles. The van der Waals surface area contributed by atoms with E-state index in [2.05, 4.69) is 5.32 Å². The normalized spacial score (nSPS) is 11.3. The second-order valence-electron chi connectivity index (χ2n) is 3.26. The highest BCUT2D eigenvalue weighted by molar-refractivity contribution is 6.31. The molecule has 0 unspecified atom stereocenters. The average Bonchev–Trinajstić information content (AvgIpc) is 2.14. The number of carboxylic acid groups (broad SMARTS) is 1. The van der Waals surface area contributed by atoms with Gasteiger partial charge in [-0.2, -0.15) is 13.2 Å². The predicted molar refractivity (Wildman–Crippen MR) is 57.2 cm³/mol. The topological polar surface area (TPSA) is 49.3 Å². The van der Waals surface area contributed by atoms with Crippen LogP contribution in [0.1, 0.15) is 12.0 Å². The number of hydrogen-bond donors (Lipinski definition) is 2. The van der Waals surface area contributed by atoms with Gasteiger partial charge >= 0.3 is 12.1 Å². The molecule has 0 bridgehead atoms. The van der Waals surface area contributed by atoms with E-state index in [0.717, 1.165) is 12.1 Å². The van der Waals surface area contributed by atoms with Crippen LogP contribution in [0.4, 0.5) is 18.9 Å². The Morgan fingerprint density at radius 1 is 1.41 bits per heavy atom. The van der Waals surface area contributed by atoms with Gasteiger partial charge in [0.1, 0.15) is 0 Å². The molecule has 0 radical (unpaired) electrons. The van der Waals surface area contributed by atoms with Gasteiger partial charge in [0.2, 0.25) is 0 Å². The summed E-state index contributed by atoms with van der Waals surface area (Å²) in [5.74, 6) is -0.990. The van der Waals surface area contributed by atoms with Gasteiger partial charge < -0.3 is 10.4 Å². The number of halogens is 4. The Labute approximate surface area is 100 Å². The zero-order valence-electron chi connectivity index (χ0n) is 8.51. The van der Waals surface area contributed by atoms with Crippen molar-refractivity contribution in [1.82, 2.24) is 0 Å². The first kappa shape index (κ1) is 13.6. The van der Waals surface area contributed by atoms with Crippen molar-refractivity contribution >= 4 is 23.3 Å². The van der Waals surface area contributed by atoms with E-state index in [9.17, 15) is 18.0 Å². The molecule has 1 rings (SSSR count). The predicted octanol–water partition coefficient (Wildman–Crippen LogP) is 3.25. The van der Waals surface area contributed by atoms with Crippen molar-refractivity contribution in [2.45, 2.75) is 12.6 Å². The summed E-state index contributed by atoms with van der Waals surface area (Å²) in [6.45, 7) is 0.122. The Hall–Kier alpha value is -1.43. The molecule has 2 N–H and O–H groups in total. The summed E-state index contributed by atoms with van der Waals surface area (Å²) in [6.07, 6.45) is -4.62. The third-order valence-corrected chi connectivity index (χ3v) is 2.26. The molecule has 0 aliphatic carbocycles. The molecule has 0 saturated carbocycles. The summed E-state index contributed by atoms with van der Waals surface area (Å²) in [6, 6.07) is 3.17. The van der Waals surface area contributed by atoms with Crippen molar-refractivity contribution in [3.05, 3.63) is 28.8 Å². The highest BCUT2D eigenvalue weighted by Gasteiger charge is 2.32. The minimum atomic E-state index is -4.49. The third kappa shape index (κ3) is 4.14. The van der Waals surface area contributed by atoms with Gasteiger partial charge in [-0.25, -0.2) is 0 Å². The van der Waals surface area contributed by atoms with Crippen LogP contribution in [0.15, 0.2) is 18.2 Å². The number of benzene rings is 1. The molecule has 0 fully saturated rings. The van der Waals surface area contributed by atoms with Gasteiger partial charge in [-0.05, 0) is 18.2 Å². The Bertz CT molecular complexity index is 421. The summed E-state index contributed by atoms with van der Waals surface area (Å²) < 4.78 is 37.1. The number of rotatable bonds is 4. The van der Waals surface area contributed by atoms with Crippen molar-refractivity contribution in [3.8, 4) is 0 Å². The lowest BCUT2D eigenvalue weighted by molar-refractivity contribution is -0.138. The van der Waals surface area contributed by atoms with Crippen LogP contribution in [0.5, 0.6) is 0 Å². The van der Waals surface area contributed by atoms with E-state index in [1.54, 1.807) is 0 Å². The molecule has 94 valence electrons. The molecule has 1 aromatic rings. The SMILES string of the molecule is O=C(O)CCNc1ccc(C(F)(F)F)c(Cl)c1. The first-order valence-corrected chi connectivity index (χ1v) is 5.01. The van der Waals surface area contributed by atoms with Crippen molar-refractivity contribution in [2.75, 3.05) is 11.9 Å². The number of carboxylic acids is 1. The molecular weight excluding hydrogens is 259 g/mol. The molecule has 0 atom stereocenters. The first-order valence-electron chi connectivity index (χ1n) is 4.63. The van der Waals surface area contributed by atoms with Gasteiger partial charge in [-0.15, -0.1) is 0 Å². The fraction of sp³-hybridized carbons (Fsp3) is 0.300. The van der Waals surface area contributed by atoms with Gasteiger partial charge in [0.15, 0.2) is 0 Å². The molecule has 0 aliphatic heterocycles. The summed E-state index contributed by atoms with van der Waals surface area (Å²) in [5.41, 5.74) is -0.563. The zero-order chi connectivity index (χ0) is 13.1. The highest BCUT2D eigenvalue weighted by Crippen LogP contribution is 2.35. The molecule has 0 spiro atoms. The maximum atomic E-state index is 12.4. The van der Waals surface area contributed by atoms with Crippen LogP contribution in [0.25, 0.3) is 0 Å². The van der Waals surface area contributed by atoms with E-state index in [4.69, 9.17) is 16.7 Å². The molecule has 0 amide bonds. The van der Waals surface area contributed by atoms with Crippen LogP contribution in [0.3, 0.4) is 0 Å². The molecule has 0 heterocycles. The molecule has 0 aliphatic rings. The second-order valence-corrected chi connectivity index (χ2v) is 3.67. The van der Waals surface area contributed by atoms with Crippen LogP contribution in [-0.2, 0) is 11.0 Å². The molecule has 1 aromatic carbocycles. The maximum Gasteiger partial charge on any atom is 0.417 e. The van der Waals surface area contributed by atoms with Gasteiger partial charge in [-0.3, -0.25) is 4.79 Å². The van der Waals surface area contributed by atoms with E-state index in [0.29, 0.717) is 5.69 Å². The Balaban J connectivity index is 2.72. The van der Waals surface area contributed by atoms with Gasteiger partial charge in [0.05, 0.1) is 17.0 Å². The van der Waals surface area contributed by atoms with Crippen molar-refractivity contribution in [2.24, 2.45) is 0 Å². The van der Waals surface area contributed by atoms with Crippen LogP contribution in [0.2, 0.25) is 5.02 Å². The number of alkyl halides is 3. The zero-order valence-corrected chi connectivity index (χ0v) is 9.27. The molecule has 7 heteroatoms. The molecule has 3 nitrogen and oxygen atoms in total. The number of anilines is 1. The number of aliphatic carboxylic acids is 1. The van der Waals surface area contributed by atoms with E-state index in [-0.39, 0.29) is 13.0 Å². The van der Waals surface area contributed by atoms with E-state index >= 15 is 0 Å². The number of nitrogens with one attached hydrogen (secondary N) is 1. The van der Waals surface area contributed by atoms with Gasteiger partial charge in [-0.1, -0.05) is 11.6 Å². The van der Waals surface area contributed by atoms with Crippen molar-refractivity contribution < 1.29 is 23.1 Å². The lowest BCUT2D eigenvalue weighted by atomic mass is 10.2. The van der Waals surface area contributed by atoms with Gasteiger partial charge in [0, 0.05) is 12.2 Å².